The van der Waals surface area contributed by atoms with E-state index < -0.39 is 0 Å². The molecule has 0 saturated carbocycles. The molecule has 0 unspecified atom stereocenters. The minimum Gasteiger partial charge on any atom is -0.381 e. The molecule has 0 spiro atoms. The third-order valence-electron chi connectivity index (χ3n) is 4.39. The van der Waals surface area contributed by atoms with Gasteiger partial charge in [-0.05, 0) is 37.8 Å². The van der Waals surface area contributed by atoms with Crippen molar-refractivity contribution in [2.45, 2.75) is 45.6 Å². The van der Waals surface area contributed by atoms with Gasteiger partial charge in [0, 0.05) is 24.8 Å². The second-order valence-corrected chi connectivity index (χ2v) is 6.84. The van der Waals surface area contributed by atoms with Crippen LogP contribution in [0.3, 0.4) is 0 Å². The summed E-state index contributed by atoms with van der Waals surface area (Å²) in [5.41, 5.74) is 0.835. The van der Waals surface area contributed by atoms with E-state index in [1.54, 1.807) is 6.07 Å². The van der Waals surface area contributed by atoms with Crippen LogP contribution in [0.5, 0.6) is 0 Å². The average Bonchev–Trinajstić information content (AvgIpc) is 3.10. The smallest absolute Gasteiger partial charge is 0.321 e. The van der Waals surface area contributed by atoms with Crippen molar-refractivity contribution in [1.29, 1.82) is 0 Å². The highest BCUT2D eigenvalue weighted by Crippen LogP contribution is 2.30. The van der Waals surface area contributed by atoms with E-state index in [0.29, 0.717) is 30.7 Å². The van der Waals surface area contributed by atoms with E-state index in [1.165, 1.54) is 0 Å². The molecule has 8 heteroatoms. The average molecular weight is 359 g/mol. The first-order chi connectivity index (χ1) is 12.5. The molecule has 2 N–H and O–H groups in total. The summed E-state index contributed by atoms with van der Waals surface area (Å²) in [6.07, 6.45) is 1.65. The number of rotatable bonds is 5. The Labute approximate surface area is 152 Å². The van der Waals surface area contributed by atoms with Crippen molar-refractivity contribution in [1.82, 2.24) is 20.4 Å². The number of pyridine rings is 1. The number of ether oxygens (including phenoxy) is 1. The molecule has 1 saturated heterocycles. The monoisotopic (exact) mass is 359 g/mol. The fourth-order valence-corrected chi connectivity index (χ4v) is 2.94. The second-order valence-electron chi connectivity index (χ2n) is 6.84. The van der Waals surface area contributed by atoms with Crippen molar-refractivity contribution < 1.29 is 14.1 Å². The number of anilines is 1. The summed E-state index contributed by atoms with van der Waals surface area (Å²) < 4.78 is 10.9. The van der Waals surface area contributed by atoms with Gasteiger partial charge in [0.25, 0.3) is 0 Å². The molecule has 26 heavy (non-hydrogen) atoms. The summed E-state index contributed by atoms with van der Waals surface area (Å²) in [5, 5.41) is 9.78. The van der Waals surface area contributed by atoms with Crippen LogP contribution in [0.4, 0.5) is 10.6 Å². The number of aromatic nitrogens is 3. The highest BCUT2D eigenvalue weighted by atomic mass is 16.5. The van der Waals surface area contributed by atoms with Crippen LogP contribution in [0.15, 0.2) is 22.7 Å². The topological polar surface area (TPSA) is 102 Å². The van der Waals surface area contributed by atoms with Gasteiger partial charge in [0.15, 0.2) is 5.82 Å². The van der Waals surface area contributed by atoms with Gasteiger partial charge in [-0.3, -0.25) is 5.32 Å². The normalized spacial score (nSPS) is 16.5. The van der Waals surface area contributed by atoms with Crippen LogP contribution in [-0.2, 0) is 4.74 Å². The Morgan fingerprint density at radius 2 is 2.00 bits per heavy atom. The Kier molecular flexibility index (Phi) is 5.82. The summed E-state index contributed by atoms with van der Waals surface area (Å²) in [7, 11) is 0. The number of urea groups is 1. The maximum atomic E-state index is 12.5. The largest absolute Gasteiger partial charge is 0.381 e. The molecule has 1 aliphatic rings. The molecule has 1 aliphatic heterocycles. The van der Waals surface area contributed by atoms with Crippen LogP contribution in [0.1, 0.15) is 56.1 Å². The number of nitrogens with zero attached hydrogens (tertiary/aromatic N) is 3. The number of amides is 2. The Hall–Kier alpha value is -2.48. The minimum atomic E-state index is -0.358. The lowest BCUT2D eigenvalue weighted by atomic mass is 9.91. The minimum absolute atomic E-state index is 0.160. The van der Waals surface area contributed by atoms with Crippen molar-refractivity contribution in [3.8, 4) is 0 Å². The standard InChI is InChI=1S/C18H25N5O3/c1-11(2)16-22-17(26-23-16)15(13-7-9-25-10-8-13)21-18(24)20-14-6-4-5-12(3)19-14/h4-6,11,13,15H,7-10H2,1-3H3,(H2,19,20,21,24)/t15-/m1/s1. The Balaban J connectivity index is 1.75. The highest BCUT2D eigenvalue weighted by Gasteiger charge is 2.31. The molecule has 1 atom stereocenters. The molecule has 0 bridgehead atoms. The Morgan fingerprint density at radius 3 is 2.65 bits per heavy atom. The van der Waals surface area contributed by atoms with Gasteiger partial charge in [0.2, 0.25) is 5.89 Å². The zero-order chi connectivity index (χ0) is 18.5. The SMILES string of the molecule is Cc1cccc(NC(=O)N[C@@H](c2nc(C(C)C)no2)C2CCOCC2)n1. The van der Waals surface area contributed by atoms with Gasteiger partial charge in [-0.15, -0.1) is 0 Å². The molecule has 2 aromatic rings. The lowest BCUT2D eigenvalue weighted by Crippen LogP contribution is -2.38. The predicted octanol–water partition coefficient (Wildman–Crippen LogP) is 3.19. The van der Waals surface area contributed by atoms with Crippen LogP contribution < -0.4 is 10.6 Å². The van der Waals surface area contributed by atoms with E-state index in [0.717, 1.165) is 18.5 Å². The number of carbonyl (C=O) groups excluding carboxylic acids is 1. The fraction of sp³-hybridized carbons (Fsp3) is 0.556. The van der Waals surface area contributed by atoms with Crippen LogP contribution in [-0.4, -0.2) is 34.4 Å². The molecule has 0 radical (unpaired) electrons. The second kappa shape index (κ2) is 8.27. The van der Waals surface area contributed by atoms with Gasteiger partial charge >= 0.3 is 6.03 Å². The van der Waals surface area contributed by atoms with E-state index >= 15 is 0 Å². The molecule has 0 aliphatic carbocycles. The summed E-state index contributed by atoms with van der Waals surface area (Å²) in [5.74, 6) is 1.92. The molecular weight excluding hydrogens is 334 g/mol. The lowest BCUT2D eigenvalue weighted by molar-refractivity contribution is 0.0506. The summed E-state index contributed by atoms with van der Waals surface area (Å²) in [6.45, 7) is 7.20. The van der Waals surface area contributed by atoms with Crippen LogP contribution >= 0.6 is 0 Å². The van der Waals surface area contributed by atoms with Gasteiger partial charge in [-0.25, -0.2) is 9.78 Å². The third-order valence-corrected chi connectivity index (χ3v) is 4.39. The number of hydrogen-bond acceptors (Lipinski definition) is 6. The molecule has 0 aromatic carbocycles. The third kappa shape index (κ3) is 4.57. The molecule has 1 fully saturated rings. The van der Waals surface area contributed by atoms with Crippen LogP contribution in [0.25, 0.3) is 0 Å². The molecule has 140 valence electrons. The van der Waals surface area contributed by atoms with Gasteiger partial charge in [0.1, 0.15) is 11.9 Å². The molecule has 8 nitrogen and oxygen atoms in total. The summed E-state index contributed by atoms with van der Waals surface area (Å²) in [4.78, 5) is 21.3. The number of carbonyl (C=O) groups is 1. The highest BCUT2D eigenvalue weighted by molar-refractivity contribution is 5.88. The van der Waals surface area contributed by atoms with Crippen LogP contribution in [0.2, 0.25) is 0 Å². The van der Waals surface area contributed by atoms with E-state index in [1.807, 2.05) is 32.9 Å². The predicted molar refractivity (Wildman–Crippen MR) is 95.8 cm³/mol. The van der Waals surface area contributed by atoms with E-state index in [-0.39, 0.29) is 23.9 Å². The molecule has 3 heterocycles. The lowest BCUT2D eigenvalue weighted by Gasteiger charge is -2.28. The first kappa shape index (κ1) is 18.3. The van der Waals surface area contributed by atoms with Crippen molar-refractivity contribution in [2.24, 2.45) is 5.92 Å². The van der Waals surface area contributed by atoms with Gasteiger partial charge < -0.3 is 14.6 Å². The maximum absolute atomic E-state index is 12.5. The first-order valence-electron chi connectivity index (χ1n) is 8.95. The Morgan fingerprint density at radius 1 is 1.23 bits per heavy atom. The van der Waals surface area contributed by atoms with Crippen molar-refractivity contribution in [3.05, 3.63) is 35.6 Å². The zero-order valence-electron chi connectivity index (χ0n) is 15.4. The maximum Gasteiger partial charge on any atom is 0.321 e. The first-order valence-corrected chi connectivity index (χ1v) is 8.95. The fourth-order valence-electron chi connectivity index (χ4n) is 2.94. The molecule has 2 aromatic heterocycles. The number of hydrogen-bond donors (Lipinski definition) is 2. The van der Waals surface area contributed by atoms with Gasteiger partial charge in [-0.2, -0.15) is 4.98 Å². The van der Waals surface area contributed by atoms with Gasteiger partial charge in [0.05, 0.1) is 0 Å². The van der Waals surface area contributed by atoms with Crippen molar-refractivity contribution in [2.75, 3.05) is 18.5 Å². The van der Waals surface area contributed by atoms with E-state index in [2.05, 4.69) is 25.8 Å². The van der Waals surface area contributed by atoms with Crippen LogP contribution in [0, 0.1) is 12.8 Å². The summed E-state index contributed by atoms with van der Waals surface area (Å²) in [6, 6.07) is 4.77. The number of aryl methyl sites for hydroxylation is 1. The van der Waals surface area contributed by atoms with Crippen molar-refractivity contribution in [3.63, 3.8) is 0 Å². The van der Waals surface area contributed by atoms with E-state index in [4.69, 9.17) is 9.26 Å². The molecule has 2 amide bonds. The molecular formula is C18H25N5O3. The van der Waals surface area contributed by atoms with Crippen molar-refractivity contribution >= 4 is 11.8 Å². The molecule has 3 rings (SSSR count). The number of nitrogens with one attached hydrogen (secondary N) is 2. The summed E-state index contributed by atoms with van der Waals surface area (Å²) >= 11 is 0. The van der Waals surface area contributed by atoms with Gasteiger partial charge in [-0.1, -0.05) is 25.1 Å². The Bertz CT molecular complexity index is 740. The quantitative estimate of drug-likeness (QED) is 0.850. The van der Waals surface area contributed by atoms with E-state index in [9.17, 15) is 4.79 Å². The zero-order valence-corrected chi connectivity index (χ0v) is 15.4.